The first kappa shape index (κ1) is 14.3. The first-order valence-corrected chi connectivity index (χ1v) is 9.10. The van der Waals surface area contributed by atoms with Crippen LogP contribution in [-0.4, -0.2) is 19.5 Å². The number of hydrogen-bond acceptors (Lipinski definition) is 3. The van der Waals surface area contributed by atoms with E-state index in [1.165, 1.54) is 22.2 Å². The second-order valence-electron chi connectivity index (χ2n) is 4.75. The van der Waals surface area contributed by atoms with E-state index in [0.29, 0.717) is 10.8 Å². The Morgan fingerprint density at radius 2 is 1.95 bits per heavy atom. The highest BCUT2D eigenvalue weighted by molar-refractivity contribution is 7.91. The van der Waals surface area contributed by atoms with Crippen LogP contribution in [0, 0.1) is 0 Å². The normalized spacial score (nSPS) is 12.0. The van der Waals surface area contributed by atoms with E-state index in [4.69, 9.17) is 0 Å². The van der Waals surface area contributed by atoms with E-state index in [1.807, 2.05) is 18.3 Å². The van der Waals surface area contributed by atoms with Crippen molar-refractivity contribution >= 4 is 32.3 Å². The van der Waals surface area contributed by atoms with Crippen LogP contribution < -0.4 is 4.72 Å². The van der Waals surface area contributed by atoms with E-state index in [1.54, 1.807) is 17.5 Å². The van der Waals surface area contributed by atoms with Crippen molar-refractivity contribution in [2.75, 3.05) is 6.54 Å². The molecule has 6 heteroatoms. The van der Waals surface area contributed by atoms with Crippen LogP contribution >= 0.6 is 11.3 Å². The molecule has 0 amide bonds. The zero-order valence-electron chi connectivity index (χ0n) is 11.4. The standard InChI is InChI=1S/C15H16N2O2S2/c18-21(19,15-7-3-12-20-15)16-9-4-10-17-11-8-13-5-1-2-6-14(13)17/h1-3,5-8,11-12,16H,4,9-10H2. The lowest BCUT2D eigenvalue weighted by atomic mass is 10.2. The lowest BCUT2D eigenvalue weighted by Gasteiger charge is -2.07. The molecular weight excluding hydrogens is 304 g/mol. The minimum atomic E-state index is -3.34. The molecule has 0 atom stereocenters. The van der Waals surface area contributed by atoms with Gasteiger partial charge in [0.25, 0.3) is 0 Å². The molecule has 0 spiro atoms. The molecule has 110 valence electrons. The Balaban J connectivity index is 1.57. The summed E-state index contributed by atoms with van der Waals surface area (Å²) in [5, 5.41) is 2.97. The van der Waals surface area contributed by atoms with E-state index in [2.05, 4.69) is 27.5 Å². The summed E-state index contributed by atoms with van der Waals surface area (Å²) in [6.45, 7) is 1.23. The molecule has 0 aliphatic carbocycles. The van der Waals surface area contributed by atoms with Gasteiger partial charge in [-0.05, 0) is 35.4 Å². The maximum absolute atomic E-state index is 12.0. The van der Waals surface area contributed by atoms with Gasteiger partial charge in [0.2, 0.25) is 10.0 Å². The number of para-hydroxylation sites is 1. The van der Waals surface area contributed by atoms with Crippen molar-refractivity contribution in [3.63, 3.8) is 0 Å². The molecule has 1 N–H and O–H groups in total. The van der Waals surface area contributed by atoms with Crippen molar-refractivity contribution in [1.82, 2.24) is 9.29 Å². The van der Waals surface area contributed by atoms with Crippen LogP contribution in [0.2, 0.25) is 0 Å². The lowest BCUT2D eigenvalue weighted by Crippen LogP contribution is -2.24. The third kappa shape index (κ3) is 3.18. The fraction of sp³-hybridized carbons (Fsp3) is 0.200. The average molecular weight is 320 g/mol. The SMILES string of the molecule is O=S(=O)(NCCCn1ccc2ccccc21)c1cccs1. The van der Waals surface area contributed by atoms with Gasteiger partial charge in [-0.25, -0.2) is 13.1 Å². The van der Waals surface area contributed by atoms with E-state index < -0.39 is 10.0 Å². The molecular formula is C15H16N2O2S2. The fourth-order valence-corrected chi connectivity index (χ4v) is 4.39. The van der Waals surface area contributed by atoms with Gasteiger partial charge in [-0.3, -0.25) is 0 Å². The summed E-state index contributed by atoms with van der Waals surface area (Å²) in [6.07, 6.45) is 2.79. The Hall–Kier alpha value is -1.63. The van der Waals surface area contributed by atoms with Crippen LogP contribution in [0.1, 0.15) is 6.42 Å². The molecule has 0 radical (unpaired) electrons. The van der Waals surface area contributed by atoms with Crippen LogP contribution in [0.4, 0.5) is 0 Å². The summed E-state index contributed by atoms with van der Waals surface area (Å²) in [4.78, 5) is 0. The highest BCUT2D eigenvalue weighted by Gasteiger charge is 2.13. The largest absolute Gasteiger partial charge is 0.347 e. The second kappa shape index (κ2) is 6.01. The number of aryl methyl sites for hydroxylation is 1. The second-order valence-corrected chi connectivity index (χ2v) is 7.69. The molecule has 4 nitrogen and oxygen atoms in total. The highest BCUT2D eigenvalue weighted by atomic mass is 32.2. The van der Waals surface area contributed by atoms with Gasteiger partial charge in [0.15, 0.2) is 0 Å². The van der Waals surface area contributed by atoms with Crippen molar-refractivity contribution < 1.29 is 8.42 Å². The minimum absolute atomic E-state index is 0.369. The first-order valence-electron chi connectivity index (χ1n) is 6.74. The zero-order chi connectivity index (χ0) is 14.7. The van der Waals surface area contributed by atoms with Crippen LogP contribution in [0.15, 0.2) is 58.3 Å². The van der Waals surface area contributed by atoms with Crippen molar-refractivity contribution in [1.29, 1.82) is 0 Å². The van der Waals surface area contributed by atoms with E-state index in [9.17, 15) is 8.42 Å². The third-order valence-corrected chi connectivity index (χ3v) is 6.17. The van der Waals surface area contributed by atoms with E-state index in [0.717, 1.165) is 13.0 Å². The average Bonchev–Trinajstić information content (AvgIpc) is 3.14. The summed E-state index contributed by atoms with van der Waals surface area (Å²) < 4.78 is 29.1. The molecule has 0 unspecified atom stereocenters. The molecule has 2 aromatic heterocycles. The van der Waals surface area contributed by atoms with Crippen LogP contribution in [-0.2, 0) is 16.6 Å². The van der Waals surface area contributed by atoms with Crippen LogP contribution in [0.5, 0.6) is 0 Å². The summed E-state index contributed by atoms with van der Waals surface area (Å²) in [7, 11) is -3.34. The predicted octanol–water partition coefficient (Wildman–Crippen LogP) is 3.07. The Bertz CT molecular complexity index is 820. The molecule has 3 aromatic rings. The number of nitrogens with zero attached hydrogens (tertiary/aromatic N) is 1. The number of hydrogen-bond donors (Lipinski definition) is 1. The molecule has 3 rings (SSSR count). The number of aromatic nitrogens is 1. The highest BCUT2D eigenvalue weighted by Crippen LogP contribution is 2.16. The third-order valence-electron chi connectivity index (χ3n) is 3.31. The van der Waals surface area contributed by atoms with Crippen LogP contribution in [0.3, 0.4) is 0 Å². The van der Waals surface area contributed by atoms with E-state index in [-0.39, 0.29) is 0 Å². The lowest BCUT2D eigenvalue weighted by molar-refractivity contribution is 0.574. The Morgan fingerprint density at radius 1 is 1.10 bits per heavy atom. The van der Waals surface area contributed by atoms with E-state index >= 15 is 0 Å². The monoisotopic (exact) mass is 320 g/mol. The minimum Gasteiger partial charge on any atom is -0.347 e. The number of nitrogens with one attached hydrogen (secondary N) is 1. The van der Waals surface area contributed by atoms with Gasteiger partial charge in [0.1, 0.15) is 4.21 Å². The summed E-state index contributed by atoms with van der Waals surface area (Å²) in [6, 6.07) is 13.6. The van der Waals surface area contributed by atoms with Gasteiger partial charge in [-0.2, -0.15) is 0 Å². The molecule has 0 aliphatic heterocycles. The Kier molecular flexibility index (Phi) is 4.10. The number of sulfonamides is 1. The van der Waals surface area contributed by atoms with Gasteiger partial charge in [-0.1, -0.05) is 24.3 Å². The number of benzene rings is 1. The molecule has 0 aliphatic rings. The smallest absolute Gasteiger partial charge is 0.250 e. The quantitative estimate of drug-likeness (QED) is 0.710. The topological polar surface area (TPSA) is 51.1 Å². The van der Waals surface area contributed by atoms with Crippen molar-refractivity contribution in [3.8, 4) is 0 Å². The zero-order valence-corrected chi connectivity index (χ0v) is 13.0. The van der Waals surface area contributed by atoms with Gasteiger partial charge >= 0.3 is 0 Å². The summed E-state index contributed by atoms with van der Waals surface area (Å²) in [5.74, 6) is 0. The van der Waals surface area contributed by atoms with Gasteiger partial charge in [0, 0.05) is 24.8 Å². The molecule has 0 saturated carbocycles. The Morgan fingerprint density at radius 3 is 2.76 bits per heavy atom. The number of thiophene rings is 1. The van der Waals surface area contributed by atoms with Crippen molar-refractivity contribution in [2.45, 2.75) is 17.2 Å². The first-order chi connectivity index (χ1) is 10.2. The maximum Gasteiger partial charge on any atom is 0.250 e. The fourth-order valence-electron chi connectivity index (χ4n) is 2.28. The summed E-state index contributed by atoms with van der Waals surface area (Å²) >= 11 is 1.23. The van der Waals surface area contributed by atoms with Crippen molar-refractivity contribution in [3.05, 3.63) is 54.0 Å². The predicted molar refractivity (Wildman–Crippen MR) is 86.1 cm³/mol. The molecule has 0 bridgehead atoms. The van der Waals surface area contributed by atoms with Gasteiger partial charge in [-0.15, -0.1) is 11.3 Å². The van der Waals surface area contributed by atoms with Gasteiger partial charge in [0.05, 0.1) is 0 Å². The number of rotatable bonds is 6. The molecule has 1 aromatic carbocycles. The Labute approximate surface area is 128 Å². The number of fused-ring (bicyclic) bond motifs is 1. The summed E-state index contributed by atoms with van der Waals surface area (Å²) in [5.41, 5.74) is 1.18. The molecule has 0 fully saturated rings. The molecule has 0 saturated heterocycles. The van der Waals surface area contributed by atoms with Crippen molar-refractivity contribution in [2.24, 2.45) is 0 Å². The van der Waals surface area contributed by atoms with Crippen LogP contribution in [0.25, 0.3) is 10.9 Å². The molecule has 2 heterocycles. The van der Waals surface area contributed by atoms with Gasteiger partial charge < -0.3 is 4.57 Å². The maximum atomic E-state index is 12.0. The molecule has 21 heavy (non-hydrogen) atoms.